The van der Waals surface area contributed by atoms with E-state index in [1.807, 2.05) is 6.07 Å². The molecule has 0 unspecified atom stereocenters. The van der Waals surface area contributed by atoms with Gasteiger partial charge < -0.3 is 15.2 Å². The molecular weight excluding hydrogens is 270 g/mol. The molecule has 0 saturated carbocycles. The lowest BCUT2D eigenvalue weighted by Crippen LogP contribution is -2.08. The van der Waals surface area contributed by atoms with Crippen molar-refractivity contribution >= 4 is 11.7 Å². The van der Waals surface area contributed by atoms with Crippen LogP contribution in [0.15, 0.2) is 36.5 Å². The summed E-state index contributed by atoms with van der Waals surface area (Å²) in [4.78, 5) is 15.9. The fraction of sp³-hybridized carbons (Fsp3) is 0.133. The van der Waals surface area contributed by atoms with Gasteiger partial charge in [-0.3, -0.25) is 0 Å². The second-order valence-corrected chi connectivity index (χ2v) is 4.08. The molecule has 0 aliphatic rings. The number of hydrogen-bond donors (Lipinski definition) is 1. The van der Waals surface area contributed by atoms with Gasteiger partial charge in [-0.15, -0.1) is 0 Å². The highest BCUT2D eigenvalue weighted by Gasteiger charge is 2.16. The van der Waals surface area contributed by atoms with E-state index in [1.54, 1.807) is 31.2 Å². The van der Waals surface area contributed by atoms with Crippen LogP contribution in [0.1, 0.15) is 22.8 Å². The predicted molar refractivity (Wildman–Crippen MR) is 75.8 cm³/mol. The minimum Gasteiger partial charge on any atom is -0.462 e. The topological polar surface area (TPSA) is 98.2 Å². The monoisotopic (exact) mass is 283 g/mol. The summed E-state index contributed by atoms with van der Waals surface area (Å²) >= 11 is 0. The molecule has 0 atom stereocenters. The summed E-state index contributed by atoms with van der Waals surface area (Å²) in [6.07, 6.45) is 1.39. The number of hydrogen-bond acceptors (Lipinski definition) is 6. The number of esters is 1. The zero-order valence-electron chi connectivity index (χ0n) is 11.4. The first kappa shape index (κ1) is 14.3. The molecule has 6 heteroatoms. The van der Waals surface area contributed by atoms with Gasteiger partial charge in [-0.1, -0.05) is 0 Å². The van der Waals surface area contributed by atoms with Gasteiger partial charge >= 0.3 is 5.97 Å². The fourth-order valence-electron chi connectivity index (χ4n) is 1.61. The number of nitrogens with two attached hydrogens (primary N) is 1. The van der Waals surface area contributed by atoms with E-state index >= 15 is 0 Å². The van der Waals surface area contributed by atoms with Crippen molar-refractivity contribution in [2.75, 3.05) is 12.3 Å². The van der Waals surface area contributed by atoms with Crippen molar-refractivity contribution in [3.8, 4) is 17.7 Å². The van der Waals surface area contributed by atoms with Crippen molar-refractivity contribution in [3.63, 3.8) is 0 Å². The van der Waals surface area contributed by atoms with Crippen LogP contribution in [0, 0.1) is 11.3 Å². The van der Waals surface area contributed by atoms with Gasteiger partial charge in [0.05, 0.1) is 30.1 Å². The number of nitrogen functional groups attached to an aromatic ring is 1. The molecule has 0 aliphatic heterocycles. The zero-order chi connectivity index (χ0) is 15.2. The molecule has 106 valence electrons. The van der Waals surface area contributed by atoms with E-state index in [2.05, 4.69) is 4.98 Å². The van der Waals surface area contributed by atoms with Gasteiger partial charge in [0.15, 0.2) is 0 Å². The summed E-state index contributed by atoms with van der Waals surface area (Å²) in [6, 6.07) is 9.91. The van der Waals surface area contributed by atoms with Crippen LogP contribution in [0.4, 0.5) is 5.69 Å². The Morgan fingerprint density at radius 1 is 1.38 bits per heavy atom. The Labute approximate surface area is 121 Å². The first-order valence-electron chi connectivity index (χ1n) is 6.24. The van der Waals surface area contributed by atoms with Crippen LogP contribution in [-0.4, -0.2) is 17.6 Å². The van der Waals surface area contributed by atoms with E-state index in [9.17, 15) is 4.79 Å². The molecule has 6 nitrogen and oxygen atoms in total. The summed E-state index contributed by atoms with van der Waals surface area (Å²) < 4.78 is 10.5. The van der Waals surface area contributed by atoms with Gasteiger partial charge in [0, 0.05) is 0 Å². The van der Waals surface area contributed by atoms with E-state index in [0.29, 0.717) is 17.0 Å². The number of pyridine rings is 1. The maximum Gasteiger partial charge on any atom is 0.343 e. The predicted octanol–water partition coefficient (Wildman–Crippen LogP) is 2.50. The Hall–Kier alpha value is -3.07. The first-order valence-corrected chi connectivity index (χ1v) is 6.24. The molecular formula is C15H13N3O3. The molecule has 0 spiro atoms. The Balaban J connectivity index is 2.30. The number of carbonyl (C=O) groups is 1. The van der Waals surface area contributed by atoms with Crippen molar-refractivity contribution < 1.29 is 14.3 Å². The minimum atomic E-state index is -0.555. The normalized spacial score (nSPS) is 9.71. The summed E-state index contributed by atoms with van der Waals surface area (Å²) in [5.74, 6) is 0.00474. The molecule has 0 aliphatic carbocycles. The van der Waals surface area contributed by atoms with Crippen LogP contribution in [0.25, 0.3) is 0 Å². The van der Waals surface area contributed by atoms with Gasteiger partial charge in [-0.05, 0) is 37.3 Å². The number of benzene rings is 1. The second kappa shape index (κ2) is 6.39. The smallest absolute Gasteiger partial charge is 0.343 e. The number of aromatic nitrogens is 1. The average Bonchev–Trinajstić information content (AvgIpc) is 2.50. The highest BCUT2D eigenvalue weighted by Crippen LogP contribution is 2.25. The summed E-state index contributed by atoms with van der Waals surface area (Å²) in [5, 5.41) is 8.75. The zero-order valence-corrected chi connectivity index (χ0v) is 11.4. The van der Waals surface area contributed by atoms with Crippen molar-refractivity contribution in [3.05, 3.63) is 47.7 Å². The summed E-state index contributed by atoms with van der Waals surface area (Å²) in [5.41, 5.74) is 6.64. The number of carbonyl (C=O) groups excluding carboxylic acids is 1. The quantitative estimate of drug-likeness (QED) is 0.865. The van der Waals surface area contributed by atoms with Gasteiger partial charge in [0.1, 0.15) is 11.3 Å². The first-order chi connectivity index (χ1) is 10.1. The largest absolute Gasteiger partial charge is 0.462 e. The van der Waals surface area contributed by atoms with E-state index in [1.165, 1.54) is 12.3 Å². The van der Waals surface area contributed by atoms with Crippen molar-refractivity contribution in [1.82, 2.24) is 4.98 Å². The molecule has 0 fully saturated rings. The second-order valence-electron chi connectivity index (χ2n) is 4.08. The number of nitriles is 1. The Bertz CT molecular complexity index is 690. The lowest BCUT2D eigenvalue weighted by atomic mass is 10.2. The molecule has 0 amide bonds. The minimum absolute atomic E-state index is 0.104. The summed E-state index contributed by atoms with van der Waals surface area (Å²) in [7, 11) is 0. The molecule has 2 N–H and O–H groups in total. The van der Waals surface area contributed by atoms with Gasteiger partial charge in [0.2, 0.25) is 5.88 Å². The van der Waals surface area contributed by atoms with E-state index in [-0.39, 0.29) is 18.1 Å². The van der Waals surface area contributed by atoms with Crippen LogP contribution < -0.4 is 10.5 Å². The molecule has 1 heterocycles. The Morgan fingerprint density at radius 2 is 2.10 bits per heavy atom. The molecule has 1 aromatic carbocycles. The van der Waals surface area contributed by atoms with Crippen molar-refractivity contribution in [2.45, 2.75) is 6.92 Å². The molecule has 0 saturated heterocycles. The molecule has 21 heavy (non-hydrogen) atoms. The van der Waals surface area contributed by atoms with Crippen LogP contribution >= 0.6 is 0 Å². The number of rotatable bonds is 4. The van der Waals surface area contributed by atoms with Crippen LogP contribution in [-0.2, 0) is 4.74 Å². The molecule has 2 aromatic rings. The standard InChI is InChI=1S/C15H13N3O3/c1-2-20-15(19)13-7-11(17)9-18-14(13)21-12-5-3-10(8-16)4-6-12/h3-7,9H,2,17H2,1H3. The third-order valence-corrected chi connectivity index (χ3v) is 2.57. The maximum atomic E-state index is 11.9. The molecule has 1 aromatic heterocycles. The van der Waals surface area contributed by atoms with Crippen LogP contribution in [0.2, 0.25) is 0 Å². The number of anilines is 1. The molecule has 0 radical (unpaired) electrons. The Morgan fingerprint density at radius 3 is 2.71 bits per heavy atom. The highest BCUT2D eigenvalue weighted by molar-refractivity contribution is 5.92. The van der Waals surface area contributed by atoms with Crippen molar-refractivity contribution in [2.24, 2.45) is 0 Å². The Kier molecular flexibility index (Phi) is 4.36. The lowest BCUT2D eigenvalue weighted by molar-refractivity contribution is 0.0523. The SMILES string of the molecule is CCOC(=O)c1cc(N)cnc1Oc1ccc(C#N)cc1. The number of ether oxygens (including phenoxy) is 2. The molecule has 2 rings (SSSR count). The van der Waals surface area contributed by atoms with E-state index in [0.717, 1.165) is 0 Å². The lowest BCUT2D eigenvalue weighted by Gasteiger charge is -2.10. The number of nitrogens with zero attached hydrogens (tertiary/aromatic N) is 2. The third kappa shape index (κ3) is 3.48. The van der Waals surface area contributed by atoms with Crippen LogP contribution in [0.3, 0.4) is 0 Å². The van der Waals surface area contributed by atoms with Gasteiger partial charge in [-0.25, -0.2) is 9.78 Å². The highest BCUT2D eigenvalue weighted by atomic mass is 16.5. The van der Waals surface area contributed by atoms with E-state index < -0.39 is 5.97 Å². The molecule has 0 bridgehead atoms. The van der Waals surface area contributed by atoms with Gasteiger partial charge in [0.25, 0.3) is 0 Å². The summed E-state index contributed by atoms with van der Waals surface area (Å²) in [6.45, 7) is 1.95. The van der Waals surface area contributed by atoms with E-state index in [4.69, 9.17) is 20.5 Å². The van der Waals surface area contributed by atoms with Gasteiger partial charge in [-0.2, -0.15) is 5.26 Å². The third-order valence-electron chi connectivity index (χ3n) is 2.57. The average molecular weight is 283 g/mol. The van der Waals surface area contributed by atoms with Crippen molar-refractivity contribution in [1.29, 1.82) is 5.26 Å². The maximum absolute atomic E-state index is 11.9. The van der Waals surface area contributed by atoms with Crippen LogP contribution in [0.5, 0.6) is 11.6 Å². The fourth-order valence-corrected chi connectivity index (χ4v) is 1.61.